The van der Waals surface area contributed by atoms with Gasteiger partial charge in [-0.2, -0.15) is 5.26 Å². The van der Waals surface area contributed by atoms with Crippen molar-refractivity contribution in [1.29, 1.82) is 5.26 Å². The molecule has 18 heavy (non-hydrogen) atoms. The fraction of sp³-hybridized carbons (Fsp3) is 0.462. The van der Waals surface area contributed by atoms with Gasteiger partial charge in [-0.1, -0.05) is 26.8 Å². The van der Waals surface area contributed by atoms with Crippen LogP contribution in [-0.2, 0) is 10.0 Å². The summed E-state index contributed by atoms with van der Waals surface area (Å²) in [4.78, 5) is 0.123. The van der Waals surface area contributed by atoms with E-state index in [2.05, 4.69) is 4.72 Å². The molecule has 98 valence electrons. The van der Waals surface area contributed by atoms with Crippen molar-refractivity contribution in [3.8, 4) is 6.07 Å². The maximum Gasteiger partial charge on any atom is 0.240 e. The Balaban J connectivity index is 3.04. The molecule has 0 aliphatic carbocycles. The minimum absolute atomic E-state index is 0.123. The zero-order valence-corrected chi connectivity index (χ0v) is 11.9. The molecule has 1 aromatic rings. The first-order valence-corrected chi connectivity index (χ1v) is 7.17. The summed E-state index contributed by atoms with van der Waals surface area (Å²) in [6, 6.07) is 7.73. The van der Waals surface area contributed by atoms with Crippen molar-refractivity contribution in [2.75, 3.05) is 0 Å². The molecule has 4 nitrogen and oxygen atoms in total. The van der Waals surface area contributed by atoms with Crippen LogP contribution in [0.15, 0.2) is 29.2 Å². The third-order valence-electron chi connectivity index (χ3n) is 2.90. The molecule has 1 N–H and O–H groups in total. The van der Waals surface area contributed by atoms with Crippen molar-refractivity contribution in [2.24, 2.45) is 5.41 Å². The molecule has 1 aromatic carbocycles. The summed E-state index contributed by atoms with van der Waals surface area (Å²) < 4.78 is 26.9. The standard InChI is InChI=1S/C13H18N2O2S/c1-10(13(2,3)4)15-18(16,17)12-7-5-6-11(8-12)9-14/h5-8,10,15H,1-4H3. The summed E-state index contributed by atoms with van der Waals surface area (Å²) in [5, 5.41) is 8.77. The van der Waals surface area contributed by atoms with E-state index in [1.54, 1.807) is 12.1 Å². The van der Waals surface area contributed by atoms with Crippen LogP contribution in [0.1, 0.15) is 33.3 Å². The molecule has 1 atom stereocenters. The molecule has 0 radical (unpaired) electrons. The Kier molecular flexibility index (Phi) is 4.15. The number of hydrogen-bond donors (Lipinski definition) is 1. The summed E-state index contributed by atoms with van der Waals surface area (Å²) in [6.07, 6.45) is 0. The first-order chi connectivity index (χ1) is 8.16. The van der Waals surface area contributed by atoms with Crippen LogP contribution in [0.3, 0.4) is 0 Å². The zero-order chi connectivity index (χ0) is 14.0. The highest BCUT2D eigenvalue weighted by Gasteiger charge is 2.25. The van der Waals surface area contributed by atoms with Gasteiger partial charge in [0.1, 0.15) is 0 Å². The van der Waals surface area contributed by atoms with Crippen LogP contribution in [0.4, 0.5) is 0 Å². The van der Waals surface area contributed by atoms with Crippen LogP contribution in [0.25, 0.3) is 0 Å². The molecule has 1 unspecified atom stereocenters. The molecule has 0 fully saturated rings. The number of sulfonamides is 1. The molecule has 1 rings (SSSR count). The average molecular weight is 266 g/mol. The Hall–Kier alpha value is -1.38. The fourth-order valence-corrected chi connectivity index (χ4v) is 2.71. The summed E-state index contributed by atoms with van der Waals surface area (Å²) in [5.74, 6) is 0. The molecule has 0 bridgehead atoms. The van der Waals surface area contributed by atoms with Crippen LogP contribution in [0.2, 0.25) is 0 Å². The molecule has 5 heteroatoms. The minimum Gasteiger partial charge on any atom is -0.208 e. The molecule has 0 aromatic heterocycles. The van der Waals surface area contributed by atoms with E-state index in [1.807, 2.05) is 33.8 Å². The first-order valence-electron chi connectivity index (χ1n) is 5.69. The Bertz CT molecular complexity index is 565. The highest BCUT2D eigenvalue weighted by atomic mass is 32.2. The van der Waals surface area contributed by atoms with Crippen molar-refractivity contribution < 1.29 is 8.42 Å². The molecule has 0 aliphatic rings. The Labute approximate surface area is 109 Å². The van der Waals surface area contributed by atoms with Crippen LogP contribution >= 0.6 is 0 Å². The van der Waals surface area contributed by atoms with Crippen molar-refractivity contribution in [1.82, 2.24) is 4.72 Å². The van der Waals surface area contributed by atoms with Gasteiger partial charge in [-0.15, -0.1) is 0 Å². The van der Waals surface area contributed by atoms with Gasteiger partial charge in [0.15, 0.2) is 0 Å². The molecule has 0 aliphatic heterocycles. The lowest BCUT2D eigenvalue weighted by molar-refractivity contribution is 0.317. The van der Waals surface area contributed by atoms with E-state index < -0.39 is 10.0 Å². The summed E-state index contributed by atoms with van der Waals surface area (Å²) in [7, 11) is -3.58. The average Bonchev–Trinajstić information content (AvgIpc) is 2.27. The molecular weight excluding hydrogens is 248 g/mol. The van der Waals surface area contributed by atoms with E-state index >= 15 is 0 Å². The predicted octanol–water partition coefficient (Wildman–Crippen LogP) is 2.27. The third-order valence-corrected chi connectivity index (χ3v) is 4.44. The summed E-state index contributed by atoms with van der Waals surface area (Å²) in [5.41, 5.74) is 0.168. The second-order valence-electron chi connectivity index (χ2n) is 5.35. The van der Waals surface area contributed by atoms with Gasteiger partial charge in [-0.25, -0.2) is 13.1 Å². The van der Waals surface area contributed by atoms with E-state index in [1.165, 1.54) is 12.1 Å². The van der Waals surface area contributed by atoms with Crippen LogP contribution in [0.5, 0.6) is 0 Å². The lowest BCUT2D eigenvalue weighted by atomic mass is 9.89. The van der Waals surface area contributed by atoms with E-state index in [9.17, 15) is 8.42 Å². The van der Waals surface area contributed by atoms with Gasteiger partial charge < -0.3 is 0 Å². The molecular formula is C13H18N2O2S. The third kappa shape index (κ3) is 3.56. The van der Waals surface area contributed by atoms with E-state index in [-0.39, 0.29) is 16.4 Å². The Morgan fingerprint density at radius 2 is 1.94 bits per heavy atom. The van der Waals surface area contributed by atoms with Crippen LogP contribution < -0.4 is 4.72 Å². The van der Waals surface area contributed by atoms with Gasteiger partial charge in [0.05, 0.1) is 16.5 Å². The summed E-state index contributed by atoms with van der Waals surface area (Å²) >= 11 is 0. The first kappa shape index (κ1) is 14.7. The number of rotatable bonds is 3. The minimum atomic E-state index is -3.58. The van der Waals surface area contributed by atoms with Crippen molar-refractivity contribution in [3.05, 3.63) is 29.8 Å². The van der Waals surface area contributed by atoms with Crippen LogP contribution in [0, 0.1) is 16.7 Å². The van der Waals surface area contributed by atoms with Gasteiger partial charge in [-0.05, 0) is 30.5 Å². The predicted molar refractivity (Wildman–Crippen MR) is 70.4 cm³/mol. The molecule has 0 heterocycles. The van der Waals surface area contributed by atoms with Gasteiger partial charge in [0, 0.05) is 6.04 Å². The SMILES string of the molecule is CC(NS(=O)(=O)c1cccc(C#N)c1)C(C)(C)C. The van der Waals surface area contributed by atoms with Crippen molar-refractivity contribution in [2.45, 2.75) is 38.6 Å². The largest absolute Gasteiger partial charge is 0.240 e. The molecule has 0 saturated heterocycles. The number of nitrogens with one attached hydrogen (secondary N) is 1. The quantitative estimate of drug-likeness (QED) is 0.912. The smallest absolute Gasteiger partial charge is 0.208 e. The maximum absolute atomic E-state index is 12.1. The topological polar surface area (TPSA) is 70.0 Å². The van der Waals surface area contributed by atoms with E-state index in [0.717, 1.165) is 0 Å². The molecule has 0 saturated carbocycles. The monoisotopic (exact) mass is 266 g/mol. The van der Waals surface area contributed by atoms with Crippen molar-refractivity contribution >= 4 is 10.0 Å². The highest BCUT2D eigenvalue weighted by molar-refractivity contribution is 7.89. The number of nitriles is 1. The number of nitrogens with zero attached hydrogens (tertiary/aromatic N) is 1. The Morgan fingerprint density at radius 1 is 1.33 bits per heavy atom. The second kappa shape index (κ2) is 5.09. The van der Waals surface area contributed by atoms with Crippen molar-refractivity contribution in [3.63, 3.8) is 0 Å². The number of hydrogen-bond acceptors (Lipinski definition) is 3. The van der Waals surface area contributed by atoms with Gasteiger partial charge >= 0.3 is 0 Å². The molecule has 0 amide bonds. The van der Waals surface area contributed by atoms with E-state index in [0.29, 0.717) is 5.56 Å². The van der Waals surface area contributed by atoms with E-state index in [4.69, 9.17) is 5.26 Å². The second-order valence-corrected chi connectivity index (χ2v) is 7.06. The normalized spacial score (nSPS) is 13.9. The lowest BCUT2D eigenvalue weighted by Crippen LogP contribution is -2.41. The number of benzene rings is 1. The van der Waals surface area contributed by atoms with Crippen LogP contribution in [-0.4, -0.2) is 14.5 Å². The lowest BCUT2D eigenvalue weighted by Gasteiger charge is -2.27. The highest BCUT2D eigenvalue weighted by Crippen LogP contribution is 2.21. The maximum atomic E-state index is 12.1. The summed E-state index contributed by atoms with van der Waals surface area (Å²) in [6.45, 7) is 7.72. The Morgan fingerprint density at radius 3 is 2.44 bits per heavy atom. The van der Waals surface area contributed by atoms with Gasteiger partial charge in [0.25, 0.3) is 0 Å². The van der Waals surface area contributed by atoms with Gasteiger partial charge in [0.2, 0.25) is 10.0 Å². The zero-order valence-electron chi connectivity index (χ0n) is 11.1. The van der Waals surface area contributed by atoms with Gasteiger partial charge in [-0.3, -0.25) is 0 Å². The molecule has 0 spiro atoms. The fourth-order valence-electron chi connectivity index (χ4n) is 1.21.